The summed E-state index contributed by atoms with van der Waals surface area (Å²) in [5, 5.41) is 43.0. The van der Waals surface area contributed by atoms with Crippen molar-refractivity contribution in [3.05, 3.63) is 254 Å². The molecule has 10 fully saturated rings. The molecule has 7 aromatic rings. The molecule has 0 bridgehead atoms. The molecule has 4 N–H and O–H groups in total. The minimum absolute atomic E-state index is 0. The molecule has 5 heterocycles. The van der Waals surface area contributed by atoms with E-state index in [-0.39, 0.29) is 192 Å². The molecule has 5 saturated heterocycles. The minimum atomic E-state index is -3.32. The predicted octanol–water partition coefficient (Wildman–Crippen LogP) is 21.6. The van der Waals surface area contributed by atoms with Crippen LogP contribution in [0.25, 0.3) is 0 Å². The molecule has 7 aromatic carbocycles. The molecule has 17 rings (SSSR count). The third-order valence-electron chi connectivity index (χ3n) is 25.4. The average Bonchev–Trinajstić information content (AvgIpc) is 1.66. The van der Waals surface area contributed by atoms with E-state index in [9.17, 15) is 58.2 Å². The minimum Gasteiger partial charge on any atom is -0.508 e. The second kappa shape index (κ2) is 59.3. The number of carbonyl (C=O) groups is 8. The summed E-state index contributed by atoms with van der Waals surface area (Å²) in [6.07, 6.45) is 18.8. The summed E-state index contributed by atoms with van der Waals surface area (Å²) >= 11 is 40.5. The first kappa shape index (κ1) is 118. The van der Waals surface area contributed by atoms with E-state index in [0.717, 1.165) is 37.7 Å². The number of allylic oxidation sites excluding steroid dienone is 2. The Morgan fingerprint density at radius 2 is 0.769 bits per heavy atom. The lowest BCUT2D eigenvalue weighted by Crippen LogP contribution is -2.21. The first-order valence-electron chi connectivity index (χ1n) is 46.4. The molecular formula is C105H128Cl7O28P3. The van der Waals surface area contributed by atoms with Gasteiger partial charge in [-0.3, -0.25) is 38.1 Å². The van der Waals surface area contributed by atoms with Crippen molar-refractivity contribution in [2.24, 2.45) is 76.9 Å². The number of carbonyl (C=O) groups excluding carboxylic acids is 8. The van der Waals surface area contributed by atoms with Gasteiger partial charge in [-0.1, -0.05) is 194 Å². The first-order valence-corrected chi connectivity index (χ1v) is 51.7. The van der Waals surface area contributed by atoms with Gasteiger partial charge in [-0.2, -0.15) is 0 Å². The van der Waals surface area contributed by atoms with E-state index in [2.05, 4.69) is 47.9 Å². The van der Waals surface area contributed by atoms with Crippen molar-refractivity contribution >= 4 is 155 Å². The Morgan fingerprint density at radius 1 is 0.441 bits per heavy atom. The maximum atomic E-state index is 12.0. The fourth-order valence-electron chi connectivity index (χ4n) is 18.5. The quantitative estimate of drug-likeness (QED) is 0.00760. The lowest BCUT2D eigenvalue weighted by Gasteiger charge is -2.19. The fraction of sp³-hybridized carbons (Fsp3) is 0.448. The number of esters is 5. The van der Waals surface area contributed by atoms with Crippen molar-refractivity contribution in [3.8, 4) is 40.2 Å². The van der Waals surface area contributed by atoms with Gasteiger partial charge in [0.05, 0.1) is 50.9 Å². The van der Waals surface area contributed by atoms with Crippen LogP contribution in [0.2, 0.25) is 35.2 Å². The third-order valence-corrected chi connectivity index (χ3v) is 29.6. The lowest BCUT2D eigenvalue weighted by molar-refractivity contribution is -0.142. The van der Waals surface area contributed by atoms with Crippen LogP contribution in [0.15, 0.2) is 218 Å². The van der Waals surface area contributed by atoms with Gasteiger partial charge < -0.3 is 95.4 Å². The van der Waals surface area contributed by atoms with Crippen LogP contribution in [0.5, 0.6) is 40.2 Å². The second-order valence-corrected chi connectivity index (χ2v) is 41.4. The number of hydrogen-bond acceptors (Lipinski definition) is 28. The number of ketones is 2. The van der Waals surface area contributed by atoms with E-state index < -0.39 is 25.9 Å². The van der Waals surface area contributed by atoms with Crippen LogP contribution in [0.4, 0.5) is 0 Å². The van der Waals surface area contributed by atoms with E-state index in [1.165, 1.54) is 20.3 Å². The van der Waals surface area contributed by atoms with Crippen molar-refractivity contribution in [2.45, 2.75) is 160 Å². The highest BCUT2D eigenvalue weighted by molar-refractivity contribution is 7.54. The monoisotopic (exact) mass is 2180 g/mol. The molecule has 780 valence electrons. The molecule has 143 heavy (non-hydrogen) atoms. The number of aromatic hydroxyl groups is 1. The zero-order valence-electron chi connectivity index (χ0n) is 79.0. The number of fused-ring (bicyclic) bond motifs is 5. The molecule has 10 aliphatic rings. The first-order chi connectivity index (χ1) is 68.0. The average molecular weight is 2180 g/mol. The molecule has 38 heteroatoms. The fourth-order valence-corrected chi connectivity index (χ4v) is 21.2. The van der Waals surface area contributed by atoms with Gasteiger partial charge in [-0.05, 0) is 189 Å². The van der Waals surface area contributed by atoms with E-state index in [0.29, 0.717) is 133 Å². The summed E-state index contributed by atoms with van der Waals surface area (Å²) in [5.41, 5.74) is 0. The van der Waals surface area contributed by atoms with Crippen molar-refractivity contribution in [2.75, 3.05) is 60.0 Å². The van der Waals surface area contributed by atoms with E-state index in [4.69, 9.17) is 147 Å². The number of phenolic OH excluding ortho intramolecular Hbond substituents is 1. The summed E-state index contributed by atoms with van der Waals surface area (Å²) in [4.78, 5) is 90.8. The number of aliphatic hydroxyl groups is 3. The zero-order valence-corrected chi connectivity index (χ0v) is 87.5. The van der Waals surface area contributed by atoms with Crippen molar-refractivity contribution in [3.63, 3.8) is 0 Å². The summed E-state index contributed by atoms with van der Waals surface area (Å²) in [5.74, 6) is 5.29. The topological polar surface area (TPSA) is 373 Å². The van der Waals surface area contributed by atoms with Gasteiger partial charge in [0.25, 0.3) is 0 Å². The smallest absolute Gasteiger partial charge is 0.337 e. The second-order valence-electron chi connectivity index (χ2n) is 35.5. The lowest BCUT2D eigenvalue weighted by atomic mass is 9.88. The molecular weight excluding hydrogens is 2050 g/mol. The normalized spacial score (nSPS) is 26.4. The number of hydrogen-bond donors (Lipinski definition) is 4. The largest absolute Gasteiger partial charge is 0.508 e. The Kier molecular flexibility index (Phi) is 48.9. The highest BCUT2D eigenvalue weighted by Crippen LogP contribution is 2.50. The summed E-state index contributed by atoms with van der Waals surface area (Å²) in [7, 11) is 3.71. The summed E-state index contributed by atoms with van der Waals surface area (Å²) < 4.78 is 90.7. The Balaban J connectivity index is 0.000000229. The van der Waals surface area contributed by atoms with Gasteiger partial charge in [0.15, 0.2) is 18.2 Å². The van der Waals surface area contributed by atoms with Gasteiger partial charge in [0.1, 0.15) is 128 Å². The van der Waals surface area contributed by atoms with E-state index in [1.54, 1.807) is 158 Å². The SMILES string of the molecule is C.CCOc1cccc(Cl)c1.COP(=O)(CC(=O)COc1cccc(Cl)c1)OC.C[C@@H]1CC2OC(=O)C[C@@H]2C1C=O.C[C@@H]1C[C@@H]2OC(=O)C[C@@H]2[C@H]1/C=C/C(=O)COc1cccc(Cl)c1.C[C@@H]1C[C@@H]2OC(=O)C[C@@H]2[C@H]1/C=C/[C@@H](O)COc1cccc(Cl)c1.O=C1C[C@@H]2[C@@H](/C=C/[C@@H](O)COc3cccc(Cl)c3)[C@H](O)C[C@@H]2O1.O=C1C[C@H]2C(CC(OP)[C@@H]2/C=C/C(COc2cccc(Cl)c2)OP)O1.Oc1cccc(Cl)c1.[3HH].[3HH]. The highest BCUT2D eigenvalue weighted by Gasteiger charge is 2.53. The van der Waals surface area contributed by atoms with Crippen molar-refractivity contribution < 1.29 is 136 Å². The molecule has 5 saturated carbocycles. The number of benzene rings is 7. The molecule has 0 spiro atoms. The molecule has 7 unspecified atom stereocenters. The Hall–Kier alpha value is -8.70. The number of phenols is 1. The Bertz CT molecular complexity index is 5370. The number of halogens is 7. The molecule has 28 nitrogen and oxygen atoms in total. The maximum absolute atomic E-state index is 12.0. The summed E-state index contributed by atoms with van der Waals surface area (Å²) in [6.45, 7) is 9.34. The van der Waals surface area contributed by atoms with E-state index in [1.807, 2.05) is 62.4 Å². The third kappa shape index (κ3) is 37.9. The van der Waals surface area contributed by atoms with Gasteiger partial charge in [0, 0.05) is 131 Å². The van der Waals surface area contributed by atoms with Crippen LogP contribution in [0.3, 0.4) is 0 Å². The van der Waals surface area contributed by atoms with Crippen LogP contribution in [-0.2, 0) is 84.7 Å². The molecule has 5 aliphatic heterocycles. The molecule has 0 radical (unpaired) electrons. The number of ether oxygens (including phenoxy) is 11. The maximum Gasteiger partial charge on any atom is 0.337 e. The number of aldehydes is 1. The van der Waals surface area contributed by atoms with Crippen LogP contribution in [-0.4, -0.2) is 189 Å². The number of aliphatic hydroxyl groups excluding tert-OH is 3. The van der Waals surface area contributed by atoms with E-state index >= 15 is 0 Å². The van der Waals surface area contributed by atoms with Crippen LogP contribution in [0.1, 0.15) is 102 Å². The van der Waals surface area contributed by atoms with Crippen molar-refractivity contribution in [1.29, 1.82) is 0 Å². The molecule has 5 aliphatic carbocycles. The standard InChI is InChI=1S/C18H21ClO4.C18H19ClO4.C17H21ClO5P2.C17H19ClO5.C11H14ClO5P.C9H12O3.C8H9ClO.C6H5ClO.CH4.2H2/c2*1-11-7-17-16(9-18(21)23-17)15(11)6-5-13(20)10-22-14-4-2-3-12(19)8-14;18-10-2-1-3-11(6-10)20-9-12(22-24)4-5-13-14-7-17(19)21-15(14)8-16(13)23-25;18-10-2-1-3-12(6-10)22-9-11(19)4-5-13-14-7-17(21)23-16(14)8-15(13)20;1-15-18(14,16-2)8-10(13)7-17-11-5-3-4-9(12)6-11;1-5-2-8-6(7(5)4-10)3-9(11)12-8;1-2-10-8-5-3-4-7(9)6-8;7-5-2-1-3-6(8)4-5;;;/h2-6,8,11,13,15-17,20H,7,9-10H2,1H3;2-6,8,11,15-17H,7,9-10H2,1H3;1-6,12-16H,7-9,24-25H2;1-6,11,13-16,19-20H,7-9H2;3-6H,7-8H2,1-2H3;4-8H,2-3H2,1H3;3-6H,2H2,1H3;1-4,8H;1H4;2*1H/b2*6-5+;2*5-4+;;;;;;;/t11-,13-,15+,16-,17+;11-,15+,16-,17+;12?,13-,14-,15?,16?;11-,13-,14-,15-,16+;;5-,6-,7?,8?;;;;;/m1111.1...../s1/i;;;;;;;;;2*1+2. The summed E-state index contributed by atoms with van der Waals surface area (Å²) in [6, 6.07) is 48.7. The van der Waals surface area contributed by atoms with Crippen LogP contribution in [0, 0.1) is 76.9 Å². The van der Waals surface area contributed by atoms with Gasteiger partial charge in [0.2, 0.25) is 0 Å². The van der Waals surface area contributed by atoms with Gasteiger partial charge in [-0.25, -0.2) is 0 Å². The van der Waals surface area contributed by atoms with Crippen LogP contribution < -0.4 is 28.4 Å². The number of Topliss-reactive ketones (excluding diaryl/α,β-unsaturated/α-hetero) is 1. The number of rotatable bonds is 32. The molecule has 25 atom stereocenters. The van der Waals surface area contributed by atoms with Crippen LogP contribution >= 0.6 is 108 Å². The molecule has 0 aromatic heterocycles. The Labute approximate surface area is 877 Å². The Morgan fingerprint density at radius 3 is 1.14 bits per heavy atom. The highest BCUT2D eigenvalue weighted by atomic mass is 35.5. The zero-order chi connectivity index (χ0) is 103. The predicted molar refractivity (Wildman–Crippen MR) is 556 cm³/mol. The van der Waals surface area contributed by atoms with Gasteiger partial charge >= 0.3 is 37.4 Å². The van der Waals surface area contributed by atoms with Gasteiger partial charge in [-0.15, -0.1) is 0 Å². The van der Waals surface area contributed by atoms with Crippen molar-refractivity contribution in [1.82, 2.24) is 0 Å². The molecule has 0 amide bonds.